The molecule has 1 amide bonds. The number of amides is 1. The Balaban J connectivity index is 3.50. The van der Waals surface area contributed by atoms with Crippen LogP contribution in [-0.4, -0.2) is 5.91 Å². The Morgan fingerprint density at radius 3 is 2.71 bits per heavy atom. The number of hydrogen-bond acceptors (Lipinski definition) is 3. The number of rotatable bonds is 2. The molecule has 0 aliphatic heterocycles. The molecule has 0 aliphatic rings. The van der Waals surface area contributed by atoms with Crippen LogP contribution in [0.3, 0.4) is 0 Å². The van der Waals surface area contributed by atoms with E-state index in [0.29, 0.717) is 0 Å². The molecule has 0 aliphatic carbocycles. The van der Waals surface area contributed by atoms with Crippen LogP contribution in [0.1, 0.15) is 15.9 Å². The summed E-state index contributed by atoms with van der Waals surface area (Å²) in [6.45, 7) is 0. The van der Waals surface area contributed by atoms with Crippen LogP contribution in [0.5, 0.6) is 5.75 Å². The van der Waals surface area contributed by atoms with E-state index in [1.807, 2.05) is 6.07 Å². The second-order valence-electron chi connectivity index (χ2n) is 2.35. The maximum absolute atomic E-state index is 10.9. The van der Waals surface area contributed by atoms with Crippen LogP contribution < -0.4 is 8.80 Å². The van der Waals surface area contributed by atoms with E-state index in [9.17, 15) is 4.79 Å². The molecule has 0 spiro atoms. The first kappa shape index (κ1) is 11.1. The second kappa shape index (κ2) is 4.48. The van der Waals surface area contributed by atoms with Crippen molar-refractivity contribution in [2.75, 3.05) is 0 Å². The Bertz CT molecular complexity index is 428. The van der Waals surface area contributed by atoms with Crippen LogP contribution in [0.25, 0.3) is 0 Å². The highest BCUT2D eigenvalue weighted by atomic mass is 127. The van der Waals surface area contributed by atoms with Gasteiger partial charge in [-0.15, -0.1) is 0 Å². The van der Waals surface area contributed by atoms with Gasteiger partial charge in [-0.2, -0.15) is 5.26 Å². The summed E-state index contributed by atoms with van der Waals surface area (Å²) in [4.78, 5) is 10.9. The summed E-state index contributed by atoms with van der Waals surface area (Å²) in [6, 6.07) is 4.69. The molecular weight excluding hydrogens is 318 g/mol. The predicted molar refractivity (Wildman–Crippen MR) is 59.3 cm³/mol. The number of hydrogen-bond donors (Lipinski definition) is 1. The molecule has 0 bridgehead atoms. The predicted octanol–water partition coefficient (Wildman–Crippen LogP) is 2.04. The van der Waals surface area contributed by atoms with Crippen molar-refractivity contribution in [3.8, 4) is 11.8 Å². The number of nitriles is 1. The summed E-state index contributed by atoms with van der Waals surface area (Å²) in [7, 11) is 0. The minimum Gasteiger partial charge on any atom is -0.425 e. The monoisotopic (exact) mass is 322 g/mol. The van der Waals surface area contributed by atoms with Crippen LogP contribution in [0.2, 0.25) is 5.02 Å². The number of nitrogens with zero attached hydrogens (tertiary/aromatic N) is 1. The molecule has 72 valence electrons. The third-order valence-electron chi connectivity index (χ3n) is 1.56. The van der Waals surface area contributed by atoms with Crippen molar-refractivity contribution < 1.29 is 7.86 Å². The zero-order valence-electron chi connectivity index (χ0n) is 6.75. The van der Waals surface area contributed by atoms with Crippen LogP contribution >= 0.6 is 34.6 Å². The SMILES string of the molecule is N#Cc1c(Cl)ccc(C(N)=O)c1OI. The summed E-state index contributed by atoms with van der Waals surface area (Å²) >= 11 is 7.29. The summed E-state index contributed by atoms with van der Waals surface area (Å²) in [5.74, 6) is -0.557. The Labute approximate surface area is 99.3 Å². The number of primary amides is 1. The standard InChI is InChI=1S/C8H4ClIN2O2/c9-6-2-1-4(8(12)13)7(14-10)5(6)3-11/h1-2H,(H2,12,13). The number of benzene rings is 1. The van der Waals surface area contributed by atoms with Gasteiger partial charge in [0.1, 0.15) is 11.6 Å². The normalized spacial score (nSPS) is 9.21. The van der Waals surface area contributed by atoms with Crippen molar-refractivity contribution in [1.29, 1.82) is 5.26 Å². The van der Waals surface area contributed by atoms with E-state index in [-0.39, 0.29) is 21.9 Å². The van der Waals surface area contributed by atoms with Crippen LogP contribution in [0.4, 0.5) is 0 Å². The molecule has 1 aromatic carbocycles. The Kier molecular flexibility index (Phi) is 3.55. The second-order valence-corrected chi connectivity index (χ2v) is 3.20. The van der Waals surface area contributed by atoms with Crippen LogP contribution in [0.15, 0.2) is 12.1 Å². The van der Waals surface area contributed by atoms with Crippen molar-refractivity contribution in [3.05, 3.63) is 28.3 Å². The summed E-state index contributed by atoms with van der Waals surface area (Å²) < 4.78 is 4.87. The van der Waals surface area contributed by atoms with E-state index in [1.54, 1.807) is 23.0 Å². The number of halogens is 2. The molecule has 4 nitrogen and oxygen atoms in total. The first-order chi connectivity index (χ1) is 6.61. The highest BCUT2D eigenvalue weighted by Gasteiger charge is 2.16. The topological polar surface area (TPSA) is 76.1 Å². The van der Waals surface area contributed by atoms with E-state index < -0.39 is 5.91 Å². The molecule has 2 N–H and O–H groups in total. The van der Waals surface area contributed by atoms with Gasteiger partial charge in [-0.25, -0.2) is 0 Å². The molecule has 0 fully saturated rings. The third-order valence-corrected chi connectivity index (χ3v) is 2.32. The number of carbonyl (C=O) groups is 1. The molecule has 0 unspecified atom stereocenters. The molecule has 0 atom stereocenters. The molecular formula is C8H4ClIN2O2. The lowest BCUT2D eigenvalue weighted by Crippen LogP contribution is -2.12. The van der Waals surface area contributed by atoms with Gasteiger partial charge in [0.2, 0.25) is 0 Å². The Morgan fingerprint density at radius 2 is 2.29 bits per heavy atom. The number of carbonyl (C=O) groups excluding carboxylic acids is 1. The van der Waals surface area contributed by atoms with Gasteiger partial charge in [-0.1, -0.05) is 11.6 Å². The maximum atomic E-state index is 10.9. The summed E-state index contributed by atoms with van der Waals surface area (Å²) in [6.07, 6.45) is 0. The lowest BCUT2D eigenvalue weighted by Gasteiger charge is -2.06. The van der Waals surface area contributed by atoms with Crippen molar-refractivity contribution in [3.63, 3.8) is 0 Å². The van der Waals surface area contributed by atoms with Gasteiger partial charge in [0, 0.05) is 0 Å². The van der Waals surface area contributed by atoms with Crippen molar-refractivity contribution >= 4 is 40.5 Å². The zero-order chi connectivity index (χ0) is 10.7. The molecule has 0 aromatic heterocycles. The zero-order valence-corrected chi connectivity index (χ0v) is 9.67. The van der Waals surface area contributed by atoms with Gasteiger partial charge in [-0.05, 0) is 12.1 Å². The molecule has 0 radical (unpaired) electrons. The summed E-state index contributed by atoms with van der Waals surface area (Å²) in [5, 5.41) is 8.99. The van der Waals surface area contributed by atoms with E-state index in [0.717, 1.165) is 0 Å². The molecule has 1 rings (SSSR count). The molecule has 1 aromatic rings. The molecule has 0 heterocycles. The number of nitrogens with two attached hydrogens (primary N) is 1. The average Bonchev–Trinajstić information content (AvgIpc) is 2.16. The maximum Gasteiger partial charge on any atom is 0.252 e. The van der Waals surface area contributed by atoms with E-state index in [4.69, 9.17) is 25.7 Å². The fourth-order valence-corrected chi connectivity index (χ4v) is 1.59. The van der Waals surface area contributed by atoms with Gasteiger partial charge < -0.3 is 8.80 Å². The lowest BCUT2D eigenvalue weighted by molar-refractivity contribution is 0.0999. The minimum atomic E-state index is -0.662. The van der Waals surface area contributed by atoms with Crippen molar-refractivity contribution in [1.82, 2.24) is 0 Å². The molecule has 14 heavy (non-hydrogen) atoms. The van der Waals surface area contributed by atoms with Crippen LogP contribution in [-0.2, 0) is 0 Å². The highest BCUT2D eigenvalue weighted by molar-refractivity contribution is 14.1. The van der Waals surface area contributed by atoms with E-state index >= 15 is 0 Å². The fourth-order valence-electron chi connectivity index (χ4n) is 0.937. The third kappa shape index (κ3) is 1.91. The fraction of sp³-hybridized carbons (Fsp3) is 0. The largest absolute Gasteiger partial charge is 0.425 e. The molecule has 6 heteroatoms. The first-order valence-electron chi connectivity index (χ1n) is 3.42. The smallest absolute Gasteiger partial charge is 0.252 e. The lowest BCUT2D eigenvalue weighted by atomic mass is 10.1. The Hall–Kier alpha value is -1.000. The van der Waals surface area contributed by atoms with Crippen LogP contribution in [0, 0.1) is 11.3 Å². The quantitative estimate of drug-likeness (QED) is 0.847. The molecule has 0 saturated heterocycles. The molecule has 0 saturated carbocycles. The Morgan fingerprint density at radius 1 is 1.64 bits per heavy atom. The van der Waals surface area contributed by atoms with Gasteiger partial charge in [0.05, 0.1) is 10.6 Å². The van der Waals surface area contributed by atoms with E-state index in [1.165, 1.54) is 12.1 Å². The first-order valence-corrected chi connectivity index (χ1v) is 4.68. The van der Waals surface area contributed by atoms with Gasteiger partial charge in [-0.3, -0.25) is 4.79 Å². The van der Waals surface area contributed by atoms with E-state index in [2.05, 4.69) is 0 Å². The average molecular weight is 322 g/mol. The van der Waals surface area contributed by atoms with Gasteiger partial charge in [0.25, 0.3) is 5.91 Å². The van der Waals surface area contributed by atoms with Crippen molar-refractivity contribution in [2.24, 2.45) is 5.73 Å². The van der Waals surface area contributed by atoms with Gasteiger partial charge in [0.15, 0.2) is 28.8 Å². The van der Waals surface area contributed by atoms with Crippen molar-refractivity contribution in [2.45, 2.75) is 0 Å². The summed E-state index contributed by atoms with van der Waals surface area (Å²) in [5.41, 5.74) is 5.34. The van der Waals surface area contributed by atoms with Gasteiger partial charge >= 0.3 is 0 Å². The highest BCUT2D eigenvalue weighted by Crippen LogP contribution is 2.30. The minimum absolute atomic E-state index is 0.105.